The van der Waals surface area contributed by atoms with E-state index in [-0.39, 0.29) is 18.4 Å². The summed E-state index contributed by atoms with van der Waals surface area (Å²) in [6.45, 7) is 0. The summed E-state index contributed by atoms with van der Waals surface area (Å²) in [6.07, 6.45) is 0.0532. The molecule has 1 amide bonds. The molecule has 7 nitrogen and oxygen atoms in total. The molecule has 3 aromatic rings. The summed E-state index contributed by atoms with van der Waals surface area (Å²) in [5.41, 5.74) is 0.867. The van der Waals surface area contributed by atoms with Crippen LogP contribution in [0.1, 0.15) is 11.3 Å². The zero-order valence-electron chi connectivity index (χ0n) is 13.8. The van der Waals surface area contributed by atoms with Crippen molar-refractivity contribution in [2.75, 3.05) is 0 Å². The van der Waals surface area contributed by atoms with Crippen LogP contribution in [0.25, 0.3) is 10.8 Å². The molecule has 3 rings (SSSR count). The number of hydrogen-bond donors (Lipinski definition) is 3. The van der Waals surface area contributed by atoms with Crippen LogP contribution >= 0.6 is 0 Å². The quantitative estimate of drug-likeness (QED) is 0.619. The van der Waals surface area contributed by atoms with Gasteiger partial charge in [-0.05, 0) is 11.6 Å². The molecule has 26 heavy (non-hydrogen) atoms. The second-order valence-corrected chi connectivity index (χ2v) is 5.87. The van der Waals surface area contributed by atoms with Crippen LogP contribution in [0.2, 0.25) is 0 Å². The maximum absolute atomic E-state index is 12.3. The van der Waals surface area contributed by atoms with Crippen molar-refractivity contribution in [1.29, 1.82) is 0 Å². The Hall–Kier alpha value is -3.48. The van der Waals surface area contributed by atoms with Gasteiger partial charge in [-0.1, -0.05) is 48.5 Å². The van der Waals surface area contributed by atoms with Crippen molar-refractivity contribution >= 4 is 22.6 Å². The summed E-state index contributed by atoms with van der Waals surface area (Å²) in [7, 11) is 0. The smallest absolute Gasteiger partial charge is 0.326 e. The molecule has 0 aliphatic rings. The standard InChI is InChI=1S/C19H17N3O4/c23-17(20-16(19(25)26)10-12-6-2-1-3-7-12)11-15-13-8-4-5-9-14(13)18(24)22-21-15/h1-9,16H,10-11H2,(H,20,23)(H,22,24)(H,25,26). The third-order valence-electron chi connectivity index (χ3n) is 4.02. The highest BCUT2D eigenvalue weighted by Gasteiger charge is 2.21. The van der Waals surface area contributed by atoms with E-state index in [2.05, 4.69) is 15.5 Å². The van der Waals surface area contributed by atoms with Crippen molar-refractivity contribution in [1.82, 2.24) is 15.5 Å². The number of aliphatic carboxylic acids is 1. The molecule has 1 unspecified atom stereocenters. The fraction of sp³-hybridized carbons (Fsp3) is 0.158. The van der Waals surface area contributed by atoms with Crippen molar-refractivity contribution in [2.45, 2.75) is 18.9 Å². The van der Waals surface area contributed by atoms with Crippen molar-refractivity contribution in [3.8, 4) is 0 Å². The maximum Gasteiger partial charge on any atom is 0.326 e. The Bertz CT molecular complexity index is 998. The number of H-pyrrole nitrogens is 1. The van der Waals surface area contributed by atoms with Crippen molar-refractivity contribution in [3.63, 3.8) is 0 Å². The number of carboxylic acid groups (broad SMARTS) is 1. The summed E-state index contributed by atoms with van der Waals surface area (Å²) in [5.74, 6) is -1.58. The number of benzene rings is 2. The Morgan fingerprint density at radius 1 is 1.04 bits per heavy atom. The van der Waals surface area contributed by atoms with Gasteiger partial charge in [0.2, 0.25) is 5.91 Å². The van der Waals surface area contributed by atoms with E-state index in [9.17, 15) is 19.5 Å². The topological polar surface area (TPSA) is 112 Å². The number of carboxylic acids is 1. The molecule has 1 aromatic heterocycles. The lowest BCUT2D eigenvalue weighted by atomic mass is 10.1. The van der Waals surface area contributed by atoms with Gasteiger partial charge in [0.15, 0.2) is 0 Å². The van der Waals surface area contributed by atoms with Gasteiger partial charge in [-0.15, -0.1) is 0 Å². The molecule has 7 heteroatoms. The fourth-order valence-corrected chi connectivity index (χ4v) is 2.75. The minimum Gasteiger partial charge on any atom is -0.480 e. The summed E-state index contributed by atoms with van der Waals surface area (Å²) in [4.78, 5) is 35.6. The number of amides is 1. The zero-order chi connectivity index (χ0) is 18.5. The predicted octanol–water partition coefficient (Wildman–Crippen LogP) is 1.28. The molecule has 132 valence electrons. The molecule has 0 fully saturated rings. The first-order chi connectivity index (χ1) is 12.5. The van der Waals surface area contributed by atoms with Gasteiger partial charge in [0.1, 0.15) is 6.04 Å². The lowest BCUT2D eigenvalue weighted by Crippen LogP contribution is -2.43. The first-order valence-electron chi connectivity index (χ1n) is 8.07. The van der Waals surface area contributed by atoms with Gasteiger partial charge in [-0.25, -0.2) is 9.89 Å². The molecule has 1 heterocycles. The molecule has 0 saturated heterocycles. The third kappa shape index (κ3) is 3.94. The number of hydrogen-bond acceptors (Lipinski definition) is 4. The highest BCUT2D eigenvalue weighted by atomic mass is 16.4. The van der Waals surface area contributed by atoms with Gasteiger partial charge >= 0.3 is 5.97 Å². The van der Waals surface area contributed by atoms with E-state index in [1.807, 2.05) is 18.2 Å². The van der Waals surface area contributed by atoms with Gasteiger partial charge in [-0.3, -0.25) is 9.59 Å². The molecular formula is C19H17N3O4. The van der Waals surface area contributed by atoms with Crippen LogP contribution in [-0.2, 0) is 22.4 Å². The molecule has 0 aliphatic heterocycles. The molecule has 3 N–H and O–H groups in total. The van der Waals surface area contributed by atoms with Crippen molar-refractivity contribution < 1.29 is 14.7 Å². The largest absolute Gasteiger partial charge is 0.480 e. The average molecular weight is 351 g/mol. The molecule has 1 atom stereocenters. The molecule has 0 spiro atoms. The van der Waals surface area contributed by atoms with Gasteiger partial charge in [0.25, 0.3) is 5.56 Å². The number of fused-ring (bicyclic) bond motifs is 1. The molecular weight excluding hydrogens is 334 g/mol. The van der Waals surface area contributed by atoms with E-state index in [1.54, 1.807) is 36.4 Å². The first kappa shape index (κ1) is 17.3. The number of carbonyl (C=O) groups is 2. The average Bonchev–Trinajstić information content (AvgIpc) is 2.64. The van der Waals surface area contributed by atoms with E-state index in [4.69, 9.17) is 0 Å². The second-order valence-electron chi connectivity index (χ2n) is 5.87. The van der Waals surface area contributed by atoms with Crippen LogP contribution < -0.4 is 10.9 Å². The maximum atomic E-state index is 12.3. The summed E-state index contributed by atoms with van der Waals surface area (Å²) >= 11 is 0. The Kier molecular flexibility index (Phi) is 5.07. The third-order valence-corrected chi connectivity index (χ3v) is 4.02. The fourth-order valence-electron chi connectivity index (χ4n) is 2.75. The summed E-state index contributed by atoms with van der Waals surface area (Å²) in [6, 6.07) is 14.9. The highest BCUT2D eigenvalue weighted by molar-refractivity contribution is 5.90. The molecule has 0 aliphatic carbocycles. The van der Waals surface area contributed by atoms with Crippen LogP contribution in [0.3, 0.4) is 0 Å². The zero-order valence-corrected chi connectivity index (χ0v) is 13.8. The summed E-state index contributed by atoms with van der Waals surface area (Å²) in [5, 5.41) is 19.2. The summed E-state index contributed by atoms with van der Waals surface area (Å²) < 4.78 is 0. The van der Waals surface area contributed by atoms with E-state index < -0.39 is 17.9 Å². The number of nitrogens with one attached hydrogen (secondary N) is 2. The number of carbonyl (C=O) groups excluding carboxylic acids is 1. The SMILES string of the molecule is O=C(Cc1n[nH]c(=O)c2ccccc12)NC(Cc1ccccc1)C(=O)O. The lowest BCUT2D eigenvalue weighted by Gasteiger charge is -2.15. The first-order valence-corrected chi connectivity index (χ1v) is 8.07. The Labute approximate surface area is 148 Å². The molecule has 0 saturated carbocycles. The van der Waals surface area contributed by atoms with Gasteiger partial charge < -0.3 is 10.4 Å². The Balaban J connectivity index is 1.76. The van der Waals surface area contributed by atoms with Gasteiger partial charge in [0.05, 0.1) is 17.5 Å². The normalized spacial score (nSPS) is 11.8. The van der Waals surface area contributed by atoms with Gasteiger partial charge in [0, 0.05) is 11.8 Å². The van der Waals surface area contributed by atoms with Crippen LogP contribution in [-0.4, -0.2) is 33.2 Å². The predicted molar refractivity (Wildman–Crippen MR) is 95.8 cm³/mol. The second kappa shape index (κ2) is 7.60. The van der Waals surface area contributed by atoms with Crippen LogP contribution in [0, 0.1) is 0 Å². The Morgan fingerprint density at radius 2 is 1.69 bits per heavy atom. The van der Waals surface area contributed by atoms with Crippen molar-refractivity contribution in [2.24, 2.45) is 0 Å². The minimum absolute atomic E-state index is 0.129. The number of nitrogens with zero attached hydrogens (tertiary/aromatic N) is 1. The van der Waals surface area contributed by atoms with E-state index >= 15 is 0 Å². The van der Waals surface area contributed by atoms with Gasteiger partial charge in [-0.2, -0.15) is 5.10 Å². The monoisotopic (exact) mass is 351 g/mol. The number of rotatable bonds is 6. The molecule has 2 aromatic carbocycles. The highest BCUT2D eigenvalue weighted by Crippen LogP contribution is 2.13. The van der Waals surface area contributed by atoms with Crippen molar-refractivity contribution in [3.05, 3.63) is 76.2 Å². The van der Waals surface area contributed by atoms with Crippen LogP contribution in [0.15, 0.2) is 59.4 Å². The number of aromatic amines is 1. The van der Waals surface area contributed by atoms with E-state index in [0.717, 1.165) is 5.56 Å². The molecule has 0 radical (unpaired) electrons. The van der Waals surface area contributed by atoms with Crippen LogP contribution in [0.4, 0.5) is 0 Å². The minimum atomic E-state index is -1.11. The van der Waals surface area contributed by atoms with E-state index in [1.165, 1.54) is 0 Å². The van der Waals surface area contributed by atoms with Crippen LogP contribution in [0.5, 0.6) is 0 Å². The van der Waals surface area contributed by atoms with E-state index in [0.29, 0.717) is 16.5 Å². The number of aromatic nitrogens is 2. The lowest BCUT2D eigenvalue weighted by molar-refractivity contribution is -0.141. The molecule has 0 bridgehead atoms. The Morgan fingerprint density at radius 3 is 2.38 bits per heavy atom.